The fraction of sp³-hybridized carbons (Fsp3) is 0.667. The lowest BCUT2D eigenvalue weighted by Crippen LogP contribution is -2.23. The van der Waals surface area contributed by atoms with E-state index in [0.717, 1.165) is 19.4 Å². The number of rotatable bonds is 3. The quantitative estimate of drug-likeness (QED) is 0.477. The van der Waals surface area contributed by atoms with Crippen molar-refractivity contribution in [2.45, 2.75) is 19.8 Å². The normalized spacial score (nSPS) is 17.8. The van der Waals surface area contributed by atoms with E-state index in [1.807, 2.05) is 6.92 Å². The first kappa shape index (κ1) is 8.11. The van der Waals surface area contributed by atoms with Gasteiger partial charge < -0.3 is 5.32 Å². The van der Waals surface area contributed by atoms with E-state index in [9.17, 15) is 0 Å². The number of hydrogen-bond acceptors (Lipinski definition) is 2. The van der Waals surface area contributed by atoms with Crippen LogP contribution in [0.2, 0.25) is 0 Å². The lowest BCUT2D eigenvalue weighted by molar-refractivity contribution is 0.588. The summed E-state index contributed by atoms with van der Waals surface area (Å²) in [5, 5.41) is 11.8. The number of hydrogen-bond donors (Lipinski definition) is 1. The van der Waals surface area contributed by atoms with Gasteiger partial charge in [0.1, 0.15) is 0 Å². The molecule has 0 atom stereocenters. The highest BCUT2D eigenvalue weighted by molar-refractivity contribution is 5.11. The third kappa shape index (κ3) is 2.26. The second-order valence-electron chi connectivity index (χ2n) is 2.92. The summed E-state index contributed by atoms with van der Waals surface area (Å²) < 4.78 is 0. The van der Waals surface area contributed by atoms with Crippen LogP contribution in [0.3, 0.4) is 0 Å². The van der Waals surface area contributed by atoms with Crippen molar-refractivity contribution in [1.82, 2.24) is 5.32 Å². The van der Waals surface area contributed by atoms with Gasteiger partial charge in [-0.1, -0.05) is 5.92 Å². The van der Waals surface area contributed by atoms with Gasteiger partial charge in [0.05, 0.1) is 18.0 Å². The number of nitrogens with zero attached hydrogens (tertiary/aromatic N) is 1. The summed E-state index contributed by atoms with van der Waals surface area (Å²) in [6.07, 6.45) is 2.10. The van der Waals surface area contributed by atoms with Gasteiger partial charge in [-0.15, -0.1) is 5.92 Å². The van der Waals surface area contributed by atoms with Crippen LogP contribution in [0.25, 0.3) is 0 Å². The van der Waals surface area contributed by atoms with E-state index in [0.29, 0.717) is 6.54 Å². The molecule has 0 heterocycles. The highest BCUT2D eigenvalue weighted by Gasteiger charge is 2.42. The SMILES string of the molecule is CC#CCNCC1(C#N)CC1. The lowest BCUT2D eigenvalue weighted by Gasteiger charge is -2.03. The molecule has 0 bridgehead atoms. The zero-order chi connectivity index (χ0) is 8.16. The standard InChI is InChI=1S/C9H12N2/c1-2-3-6-11-8-9(7-10)4-5-9/h11H,4-6,8H2,1H3. The second kappa shape index (κ2) is 3.42. The Hall–Kier alpha value is -0.990. The molecule has 1 N–H and O–H groups in total. The van der Waals surface area contributed by atoms with E-state index in [-0.39, 0.29) is 5.41 Å². The van der Waals surface area contributed by atoms with Gasteiger partial charge in [-0.2, -0.15) is 5.26 Å². The highest BCUT2D eigenvalue weighted by atomic mass is 14.9. The fourth-order valence-electron chi connectivity index (χ4n) is 0.932. The maximum Gasteiger partial charge on any atom is 0.0703 e. The van der Waals surface area contributed by atoms with E-state index in [4.69, 9.17) is 5.26 Å². The van der Waals surface area contributed by atoms with E-state index in [1.165, 1.54) is 0 Å². The largest absolute Gasteiger partial charge is 0.305 e. The summed E-state index contributed by atoms with van der Waals surface area (Å²) in [5.74, 6) is 5.70. The molecule has 0 amide bonds. The Morgan fingerprint density at radius 3 is 2.73 bits per heavy atom. The summed E-state index contributed by atoms with van der Waals surface area (Å²) >= 11 is 0. The van der Waals surface area contributed by atoms with Crippen molar-refractivity contribution < 1.29 is 0 Å². The molecule has 0 spiro atoms. The number of nitriles is 1. The van der Waals surface area contributed by atoms with Crippen LogP contribution in [0.4, 0.5) is 0 Å². The topological polar surface area (TPSA) is 35.8 Å². The molecule has 0 aromatic heterocycles. The maximum absolute atomic E-state index is 8.69. The molecule has 0 aromatic rings. The molecular formula is C9H12N2. The summed E-state index contributed by atoms with van der Waals surface area (Å²) in [6.45, 7) is 3.33. The maximum atomic E-state index is 8.69. The van der Waals surface area contributed by atoms with Crippen molar-refractivity contribution >= 4 is 0 Å². The Bertz CT molecular complexity index is 222. The highest BCUT2D eigenvalue weighted by Crippen LogP contribution is 2.43. The Kier molecular flexibility index (Phi) is 2.52. The molecule has 0 saturated heterocycles. The molecule has 11 heavy (non-hydrogen) atoms. The van der Waals surface area contributed by atoms with E-state index in [1.54, 1.807) is 0 Å². The van der Waals surface area contributed by atoms with Gasteiger partial charge in [-0.25, -0.2) is 0 Å². The van der Waals surface area contributed by atoms with Crippen molar-refractivity contribution in [2.75, 3.05) is 13.1 Å². The average Bonchev–Trinajstić information content (AvgIpc) is 2.80. The summed E-state index contributed by atoms with van der Waals surface area (Å²) in [5.41, 5.74) is -0.0323. The molecule has 1 aliphatic carbocycles. The summed E-state index contributed by atoms with van der Waals surface area (Å²) in [6, 6.07) is 2.32. The van der Waals surface area contributed by atoms with Crippen LogP contribution in [-0.2, 0) is 0 Å². The van der Waals surface area contributed by atoms with Crippen LogP contribution in [-0.4, -0.2) is 13.1 Å². The molecular weight excluding hydrogens is 136 g/mol. The minimum atomic E-state index is -0.0323. The summed E-state index contributed by atoms with van der Waals surface area (Å²) in [7, 11) is 0. The average molecular weight is 148 g/mol. The van der Waals surface area contributed by atoms with Gasteiger partial charge in [0.2, 0.25) is 0 Å². The smallest absolute Gasteiger partial charge is 0.0703 e. The monoisotopic (exact) mass is 148 g/mol. The first-order chi connectivity index (χ1) is 5.33. The Morgan fingerprint density at radius 2 is 2.27 bits per heavy atom. The van der Waals surface area contributed by atoms with E-state index < -0.39 is 0 Å². The summed E-state index contributed by atoms with van der Waals surface area (Å²) in [4.78, 5) is 0. The van der Waals surface area contributed by atoms with Crippen LogP contribution < -0.4 is 5.32 Å². The van der Waals surface area contributed by atoms with Crippen molar-refractivity contribution in [1.29, 1.82) is 5.26 Å². The molecule has 1 aliphatic rings. The predicted octanol–water partition coefficient (Wildman–Crippen LogP) is 0.903. The first-order valence-corrected chi connectivity index (χ1v) is 3.84. The minimum absolute atomic E-state index is 0.0323. The fourth-order valence-corrected chi connectivity index (χ4v) is 0.932. The molecule has 0 aromatic carbocycles. The zero-order valence-electron chi connectivity index (χ0n) is 6.78. The second-order valence-corrected chi connectivity index (χ2v) is 2.92. The van der Waals surface area contributed by atoms with Gasteiger partial charge in [0, 0.05) is 6.54 Å². The molecule has 2 nitrogen and oxygen atoms in total. The van der Waals surface area contributed by atoms with Crippen LogP contribution >= 0.6 is 0 Å². The van der Waals surface area contributed by atoms with Gasteiger partial charge in [-0.05, 0) is 19.8 Å². The molecule has 58 valence electrons. The molecule has 0 radical (unpaired) electrons. The lowest BCUT2D eigenvalue weighted by atomic mass is 10.1. The van der Waals surface area contributed by atoms with Crippen molar-refractivity contribution in [3.63, 3.8) is 0 Å². The van der Waals surface area contributed by atoms with Crippen LogP contribution in [0.5, 0.6) is 0 Å². The minimum Gasteiger partial charge on any atom is -0.305 e. The van der Waals surface area contributed by atoms with E-state index >= 15 is 0 Å². The zero-order valence-corrected chi connectivity index (χ0v) is 6.78. The van der Waals surface area contributed by atoms with Gasteiger partial charge in [0.25, 0.3) is 0 Å². The van der Waals surface area contributed by atoms with Gasteiger partial charge in [-0.3, -0.25) is 0 Å². The molecule has 1 fully saturated rings. The van der Waals surface area contributed by atoms with Gasteiger partial charge >= 0.3 is 0 Å². The Labute approximate surface area is 67.6 Å². The van der Waals surface area contributed by atoms with Gasteiger partial charge in [0.15, 0.2) is 0 Å². The van der Waals surface area contributed by atoms with E-state index in [2.05, 4.69) is 23.2 Å². The molecule has 1 rings (SSSR count). The molecule has 0 aliphatic heterocycles. The first-order valence-electron chi connectivity index (χ1n) is 3.84. The van der Waals surface area contributed by atoms with Crippen molar-refractivity contribution in [3.05, 3.63) is 0 Å². The molecule has 2 heteroatoms. The third-order valence-corrected chi connectivity index (χ3v) is 1.94. The van der Waals surface area contributed by atoms with Crippen LogP contribution in [0.15, 0.2) is 0 Å². The molecule has 1 saturated carbocycles. The third-order valence-electron chi connectivity index (χ3n) is 1.94. The molecule has 0 unspecified atom stereocenters. The van der Waals surface area contributed by atoms with Crippen molar-refractivity contribution in [2.24, 2.45) is 5.41 Å². The predicted molar refractivity (Wildman–Crippen MR) is 43.6 cm³/mol. The Balaban J connectivity index is 2.12. The van der Waals surface area contributed by atoms with Crippen molar-refractivity contribution in [3.8, 4) is 17.9 Å². The number of nitrogens with one attached hydrogen (secondary N) is 1. The van der Waals surface area contributed by atoms with Crippen LogP contribution in [0.1, 0.15) is 19.8 Å². The Morgan fingerprint density at radius 1 is 1.55 bits per heavy atom. The van der Waals surface area contributed by atoms with Crippen LogP contribution in [0, 0.1) is 28.6 Å².